The molecule has 2 rings (SSSR count). The van der Waals surface area contributed by atoms with Gasteiger partial charge < -0.3 is 5.32 Å². The van der Waals surface area contributed by atoms with E-state index in [0.29, 0.717) is 12.2 Å². The summed E-state index contributed by atoms with van der Waals surface area (Å²) in [6.07, 6.45) is 1.96. The number of benzene rings is 2. The molecule has 2 aromatic rings. The van der Waals surface area contributed by atoms with Crippen molar-refractivity contribution in [2.45, 2.75) is 32.9 Å². The van der Waals surface area contributed by atoms with Crippen molar-refractivity contribution >= 4 is 33.4 Å². The van der Waals surface area contributed by atoms with Gasteiger partial charge in [0.05, 0.1) is 11.9 Å². The number of thioether (sulfide) groups is 1. The number of carbonyl (C=O) groups is 1. The fraction of sp³-hybridized carbons (Fsp3) is 0.409. The van der Waals surface area contributed by atoms with Gasteiger partial charge in [0, 0.05) is 12.3 Å². The first-order valence-corrected chi connectivity index (χ1v) is 12.6. The van der Waals surface area contributed by atoms with E-state index in [0.717, 1.165) is 35.3 Å². The minimum absolute atomic E-state index is 0.209. The molecule has 0 atom stereocenters. The van der Waals surface area contributed by atoms with E-state index >= 15 is 0 Å². The number of aryl methyl sites for hydroxylation is 3. The fourth-order valence-electron chi connectivity index (χ4n) is 2.93. The van der Waals surface area contributed by atoms with Gasteiger partial charge in [0.1, 0.15) is 6.54 Å². The number of carbonyl (C=O) groups excluding carboxylic acids is 1. The highest BCUT2D eigenvalue weighted by atomic mass is 32.2. The lowest BCUT2D eigenvalue weighted by Crippen LogP contribution is -2.41. The number of anilines is 1. The Labute approximate surface area is 178 Å². The van der Waals surface area contributed by atoms with E-state index < -0.39 is 10.0 Å². The molecule has 0 fully saturated rings. The number of nitrogens with one attached hydrogen (secondary N) is 1. The van der Waals surface area contributed by atoms with Gasteiger partial charge in [-0.15, -0.1) is 0 Å². The Balaban J connectivity index is 1.79. The molecule has 0 saturated carbocycles. The van der Waals surface area contributed by atoms with Crippen molar-refractivity contribution in [1.82, 2.24) is 5.32 Å². The average molecular weight is 435 g/mol. The highest BCUT2D eigenvalue weighted by Crippen LogP contribution is 2.23. The van der Waals surface area contributed by atoms with Crippen molar-refractivity contribution in [3.63, 3.8) is 0 Å². The van der Waals surface area contributed by atoms with E-state index in [1.807, 2.05) is 37.7 Å². The summed E-state index contributed by atoms with van der Waals surface area (Å²) in [7, 11) is -3.55. The number of hydrogen-bond acceptors (Lipinski definition) is 4. The lowest BCUT2D eigenvalue weighted by Gasteiger charge is -2.24. The van der Waals surface area contributed by atoms with Crippen LogP contribution in [0.3, 0.4) is 0 Å². The molecule has 0 aromatic heterocycles. The molecule has 0 radical (unpaired) electrons. The summed E-state index contributed by atoms with van der Waals surface area (Å²) in [4.78, 5) is 12.3. The zero-order chi connectivity index (χ0) is 21.4. The van der Waals surface area contributed by atoms with Crippen LogP contribution in [0.1, 0.15) is 28.7 Å². The summed E-state index contributed by atoms with van der Waals surface area (Å²) >= 11 is 1.82. The summed E-state index contributed by atoms with van der Waals surface area (Å²) in [5, 5.41) is 2.83. The monoisotopic (exact) mass is 434 g/mol. The normalized spacial score (nSPS) is 11.3. The maximum Gasteiger partial charge on any atom is 0.240 e. The third-order valence-electron chi connectivity index (χ3n) is 4.49. The molecular weight excluding hydrogens is 404 g/mol. The Morgan fingerprint density at radius 1 is 1.03 bits per heavy atom. The molecule has 0 unspecified atom stereocenters. The second-order valence-electron chi connectivity index (χ2n) is 7.30. The molecule has 0 bridgehead atoms. The molecule has 7 heteroatoms. The van der Waals surface area contributed by atoms with Crippen molar-refractivity contribution in [3.05, 3.63) is 64.7 Å². The number of amides is 1. The van der Waals surface area contributed by atoms with Crippen molar-refractivity contribution in [2.75, 3.05) is 29.4 Å². The van der Waals surface area contributed by atoms with Gasteiger partial charge in [-0.2, -0.15) is 11.8 Å². The molecule has 0 saturated heterocycles. The van der Waals surface area contributed by atoms with Gasteiger partial charge >= 0.3 is 0 Å². The van der Waals surface area contributed by atoms with Crippen LogP contribution in [-0.4, -0.2) is 39.4 Å². The minimum Gasteiger partial charge on any atom is -0.354 e. The molecule has 0 spiro atoms. The molecule has 1 N–H and O–H groups in total. The molecule has 29 heavy (non-hydrogen) atoms. The molecule has 1 amide bonds. The number of sulfonamides is 1. The van der Waals surface area contributed by atoms with E-state index in [1.165, 1.54) is 15.4 Å². The van der Waals surface area contributed by atoms with Gasteiger partial charge in [0.25, 0.3) is 0 Å². The van der Waals surface area contributed by atoms with Crippen molar-refractivity contribution in [3.8, 4) is 0 Å². The standard InChI is InChI=1S/C22H30N2O3S2/c1-17-6-9-20(10-7-17)16-28-13-5-12-23-22(25)15-24(29(4,26)27)21-11-8-18(2)14-19(21)3/h6-11,14H,5,12-13,15-16H2,1-4H3,(H,23,25). The predicted octanol–water partition coefficient (Wildman–Crippen LogP) is 3.82. The molecule has 158 valence electrons. The second-order valence-corrected chi connectivity index (χ2v) is 10.3. The number of hydrogen-bond donors (Lipinski definition) is 1. The Hall–Kier alpha value is -1.99. The van der Waals surface area contributed by atoms with E-state index in [2.05, 4.69) is 36.5 Å². The fourth-order valence-corrected chi connectivity index (χ4v) is 4.76. The lowest BCUT2D eigenvalue weighted by atomic mass is 10.1. The van der Waals surface area contributed by atoms with Crippen LogP contribution >= 0.6 is 11.8 Å². The average Bonchev–Trinajstić information content (AvgIpc) is 2.64. The quantitative estimate of drug-likeness (QED) is 0.578. The summed E-state index contributed by atoms with van der Waals surface area (Å²) in [6.45, 7) is 6.20. The van der Waals surface area contributed by atoms with Crippen LogP contribution in [0.25, 0.3) is 0 Å². The Kier molecular flexibility index (Phi) is 8.59. The van der Waals surface area contributed by atoms with Crippen LogP contribution in [0.5, 0.6) is 0 Å². The zero-order valence-corrected chi connectivity index (χ0v) is 19.2. The SMILES string of the molecule is Cc1ccc(CSCCCNC(=O)CN(c2ccc(C)cc2C)S(C)(=O)=O)cc1. The first kappa shape index (κ1) is 23.3. The van der Waals surface area contributed by atoms with Gasteiger partial charge in [-0.05, 0) is 50.1 Å². The van der Waals surface area contributed by atoms with Gasteiger partial charge in [0.15, 0.2) is 0 Å². The minimum atomic E-state index is -3.55. The lowest BCUT2D eigenvalue weighted by molar-refractivity contribution is -0.119. The highest BCUT2D eigenvalue weighted by molar-refractivity contribution is 7.98. The summed E-state index contributed by atoms with van der Waals surface area (Å²) in [5.41, 5.74) is 4.97. The molecule has 0 heterocycles. The van der Waals surface area contributed by atoms with E-state index in [4.69, 9.17) is 0 Å². The molecular formula is C22H30N2O3S2. The predicted molar refractivity (Wildman–Crippen MR) is 123 cm³/mol. The topological polar surface area (TPSA) is 66.5 Å². The van der Waals surface area contributed by atoms with E-state index in [9.17, 15) is 13.2 Å². The second kappa shape index (κ2) is 10.7. The maximum atomic E-state index is 12.3. The van der Waals surface area contributed by atoms with Gasteiger partial charge in [-0.1, -0.05) is 47.5 Å². The van der Waals surface area contributed by atoms with Crippen LogP contribution in [0.4, 0.5) is 5.69 Å². The molecule has 0 aliphatic rings. The van der Waals surface area contributed by atoms with Crippen LogP contribution in [-0.2, 0) is 20.6 Å². The van der Waals surface area contributed by atoms with Gasteiger partial charge in [-0.3, -0.25) is 9.10 Å². The Bertz CT molecular complexity index is 926. The highest BCUT2D eigenvalue weighted by Gasteiger charge is 2.22. The Morgan fingerprint density at radius 3 is 2.31 bits per heavy atom. The van der Waals surface area contributed by atoms with Gasteiger partial charge in [-0.25, -0.2) is 8.42 Å². The smallest absolute Gasteiger partial charge is 0.240 e. The largest absolute Gasteiger partial charge is 0.354 e. The molecule has 0 aliphatic carbocycles. The number of nitrogens with zero attached hydrogens (tertiary/aromatic N) is 1. The van der Waals surface area contributed by atoms with Crippen LogP contribution in [0.2, 0.25) is 0 Å². The van der Waals surface area contributed by atoms with E-state index in [1.54, 1.807) is 6.07 Å². The first-order valence-electron chi connectivity index (χ1n) is 9.62. The van der Waals surface area contributed by atoms with Crippen LogP contribution < -0.4 is 9.62 Å². The molecule has 2 aromatic carbocycles. The van der Waals surface area contributed by atoms with Crippen LogP contribution in [0.15, 0.2) is 42.5 Å². The summed E-state index contributed by atoms with van der Waals surface area (Å²) in [6, 6.07) is 14.0. The molecule has 5 nitrogen and oxygen atoms in total. The maximum absolute atomic E-state index is 12.3. The van der Waals surface area contributed by atoms with Crippen molar-refractivity contribution in [1.29, 1.82) is 0 Å². The first-order chi connectivity index (χ1) is 13.7. The Morgan fingerprint density at radius 2 is 1.69 bits per heavy atom. The van der Waals surface area contributed by atoms with Crippen LogP contribution in [0, 0.1) is 20.8 Å². The third kappa shape index (κ3) is 7.74. The molecule has 0 aliphatic heterocycles. The van der Waals surface area contributed by atoms with E-state index in [-0.39, 0.29) is 12.5 Å². The summed E-state index contributed by atoms with van der Waals surface area (Å²) < 4.78 is 25.6. The van der Waals surface area contributed by atoms with Crippen molar-refractivity contribution < 1.29 is 13.2 Å². The zero-order valence-electron chi connectivity index (χ0n) is 17.6. The third-order valence-corrected chi connectivity index (χ3v) is 6.73. The number of rotatable bonds is 10. The van der Waals surface area contributed by atoms with Crippen molar-refractivity contribution in [2.24, 2.45) is 0 Å². The summed E-state index contributed by atoms with van der Waals surface area (Å²) in [5.74, 6) is 1.59. The van der Waals surface area contributed by atoms with Gasteiger partial charge in [0.2, 0.25) is 15.9 Å².